The van der Waals surface area contributed by atoms with Crippen LogP contribution in [0.4, 0.5) is 10.5 Å². The smallest absolute Gasteiger partial charge is 0.412 e. The van der Waals surface area contributed by atoms with Gasteiger partial charge in [-0.25, -0.2) is 4.79 Å². The zero-order chi connectivity index (χ0) is 23.3. The first kappa shape index (κ1) is 26.0. The summed E-state index contributed by atoms with van der Waals surface area (Å²) in [7, 11) is 0. The van der Waals surface area contributed by atoms with Crippen LogP contribution >= 0.6 is 0 Å². The summed E-state index contributed by atoms with van der Waals surface area (Å²) in [5.74, 6) is -0.0464. The maximum Gasteiger partial charge on any atom is 0.412 e. The quantitative estimate of drug-likeness (QED) is 0.561. The van der Waals surface area contributed by atoms with Crippen LogP contribution < -0.4 is 10.1 Å². The molecule has 3 N–H and O–H groups in total. The average molecular weight is 432 g/mol. The lowest BCUT2D eigenvalue weighted by atomic mass is 10.1. The van der Waals surface area contributed by atoms with E-state index in [9.17, 15) is 9.59 Å². The Hall–Kier alpha value is -3.06. The van der Waals surface area contributed by atoms with Crippen LogP contribution in [0, 0.1) is 0 Å². The predicted molar refractivity (Wildman–Crippen MR) is 121 cm³/mol. The number of carbonyl (C=O) groups excluding carboxylic acids is 1. The molecule has 170 valence electrons. The Morgan fingerprint density at radius 1 is 0.935 bits per heavy atom. The molecule has 0 aliphatic rings. The van der Waals surface area contributed by atoms with E-state index in [1.807, 2.05) is 69.3 Å². The number of carboxylic acids is 1. The second kappa shape index (κ2) is 13.3. The molecule has 0 heterocycles. The summed E-state index contributed by atoms with van der Waals surface area (Å²) in [4.78, 5) is 22.4. The number of aliphatic carboxylic acids is 1. The Balaban J connectivity index is 0.00000151. The fourth-order valence-electron chi connectivity index (χ4n) is 2.47. The zero-order valence-electron chi connectivity index (χ0n) is 18.7. The van der Waals surface area contributed by atoms with Gasteiger partial charge < -0.3 is 19.7 Å². The summed E-state index contributed by atoms with van der Waals surface area (Å²) >= 11 is 0. The van der Waals surface area contributed by atoms with Crippen LogP contribution in [-0.4, -0.2) is 41.1 Å². The van der Waals surface area contributed by atoms with Crippen LogP contribution in [0.5, 0.6) is 5.75 Å². The maximum atomic E-state index is 11.8. The number of hydrogen-bond acceptors (Lipinski definition) is 5. The molecule has 0 aliphatic carbocycles. The number of carboxylic acid groups (broad SMARTS) is 1. The highest BCUT2D eigenvalue weighted by atomic mass is 16.6. The molecule has 0 saturated heterocycles. The SMILES string of the molecule is CC(C)(C)OC(=O)Nc1ccc(CCOc2ccc(CCC(=O)O)cc2)cc1.CCO. The number of rotatable bonds is 8. The van der Waals surface area contributed by atoms with Gasteiger partial charge in [0.15, 0.2) is 0 Å². The monoisotopic (exact) mass is 431 g/mol. The largest absolute Gasteiger partial charge is 0.493 e. The molecule has 7 heteroatoms. The first-order chi connectivity index (χ1) is 14.6. The number of aliphatic hydroxyl groups excluding tert-OH is 1. The van der Waals surface area contributed by atoms with Crippen LogP contribution in [0.2, 0.25) is 0 Å². The van der Waals surface area contributed by atoms with Crippen molar-refractivity contribution in [2.45, 2.75) is 52.6 Å². The van der Waals surface area contributed by atoms with E-state index in [2.05, 4.69) is 5.32 Å². The van der Waals surface area contributed by atoms with Gasteiger partial charge >= 0.3 is 12.1 Å². The van der Waals surface area contributed by atoms with Gasteiger partial charge in [-0.3, -0.25) is 10.1 Å². The van der Waals surface area contributed by atoms with Gasteiger partial charge in [-0.05, 0) is 69.5 Å². The minimum absolute atomic E-state index is 0.124. The number of hydrogen-bond donors (Lipinski definition) is 3. The zero-order valence-corrected chi connectivity index (χ0v) is 18.7. The molecule has 0 aliphatic heterocycles. The van der Waals surface area contributed by atoms with Crippen molar-refractivity contribution in [2.24, 2.45) is 0 Å². The number of anilines is 1. The van der Waals surface area contributed by atoms with Gasteiger partial charge in [0, 0.05) is 25.1 Å². The molecular weight excluding hydrogens is 398 g/mol. The van der Waals surface area contributed by atoms with E-state index in [4.69, 9.17) is 19.7 Å². The van der Waals surface area contributed by atoms with Crippen molar-refractivity contribution in [3.8, 4) is 5.75 Å². The van der Waals surface area contributed by atoms with Crippen LogP contribution in [0.3, 0.4) is 0 Å². The van der Waals surface area contributed by atoms with E-state index in [0.717, 1.165) is 23.3 Å². The van der Waals surface area contributed by atoms with Gasteiger partial charge in [0.25, 0.3) is 0 Å². The predicted octanol–water partition coefficient (Wildman–Crippen LogP) is 4.67. The Morgan fingerprint density at radius 2 is 1.45 bits per heavy atom. The molecule has 0 atom stereocenters. The van der Waals surface area contributed by atoms with Crippen LogP contribution in [-0.2, 0) is 22.4 Å². The second-order valence-corrected chi connectivity index (χ2v) is 7.78. The Bertz CT molecular complexity index is 794. The minimum atomic E-state index is -0.798. The Morgan fingerprint density at radius 3 is 1.97 bits per heavy atom. The third-order valence-corrected chi connectivity index (χ3v) is 3.81. The van der Waals surface area contributed by atoms with Crippen molar-refractivity contribution in [2.75, 3.05) is 18.5 Å². The van der Waals surface area contributed by atoms with E-state index < -0.39 is 17.7 Å². The number of carbonyl (C=O) groups is 2. The molecule has 2 aromatic rings. The van der Waals surface area contributed by atoms with Crippen molar-refractivity contribution >= 4 is 17.7 Å². The van der Waals surface area contributed by atoms with Gasteiger partial charge in [-0.2, -0.15) is 0 Å². The lowest BCUT2D eigenvalue weighted by Gasteiger charge is -2.19. The molecule has 0 radical (unpaired) electrons. The average Bonchev–Trinajstić information content (AvgIpc) is 2.68. The summed E-state index contributed by atoms with van der Waals surface area (Å²) in [6.07, 6.45) is 0.890. The van der Waals surface area contributed by atoms with Gasteiger partial charge in [0.1, 0.15) is 11.4 Å². The fraction of sp³-hybridized carbons (Fsp3) is 0.417. The van der Waals surface area contributed by atoms with Crippen LogP contribution in [0.1, 0.15) is 45.2 Å². The van der Waals surface area contributed by atoms with E-state index in [1.165, 1.54) is 0 Å². The lowest BCUT2D eigenvalue weighted by Crippen LogP contribution is -2.27. The topological polar surface area (TPSA) is 105 Å². The van der Waals surface area contributed by atoms with Crippen molar-refractivity contribution < 1.29 is 29.3 Å². The van der Waals surface area contributed by atoms with Crippen LogP contribution in [0.25, 0.3) is 0 Å². The number of ether oxygens (including phenoxy) is 2. The number of amides is 1. The molecule has 2 aromatic carbocycles. The minimum Gasteiger partial charge on any atom is -0.493 e. The van der Waals surface area contributed by atoms with E-state index >= 15 is 0 Å². The first-order valence-corrected chi connectivity index (χ1v) is 10.3. The molecule has 0 aromatic heterocycles. The molecule has 0 saturated carbocycles. The van der Waals surface area contributed by atoms with Gasteiger partial charge in [0.2, 0.25) is 0 Å². The maximum absolute atomic E-state index is 11.8. The van der Waals surface area contributed by atoms with Crippen molar-refractivity contribution in [3.05, 3.63) is 59.7 Å². The molecule has 7 nitrogen and oxygen atoms in total. The molecule has 2 rings (SSSR count). The van der Waals surface area contributed by atoms with Gasteiger partial charge in [-0.15, -0.1) is 0 Å². The summed E-state index contributed by atoms with van der Waals surface area (Å²) in [6.45, 7) is 7.91. The van der Waals surface area contributed by atoms with E-state index in [1.54, 1.807) is 6.92 Å². The van der Waals surface area contributed by atoms with Crippen LogP contribution in [0.15, 0.2) is 48.5 Å². The third kappa shape index (κ3) is 12.3. The summed E-state index contributed by atoms with van der Waals surface area (Å²) in [5.41, 5.74) is 2.21. The summed E-state index contributed by atoms with van der Waals surface area (Å²) < 4.78 is 11.0. The molecule has 0 unspecified atom stereocenters. The van der Waals surface area contributed by atoms with E-state index in [0.29, 0.717) is 18.7 Å². The molecular formula is C24H33NO6. The number of nitrogens with one attached hydrogen (secondary N) is 1. The molecule has 1 amide bonds. The normalized spacial score (nSPS) is 10.5. The second-order valence-electron chi connectivity index (χ2n) is 7.78. The lowest BCUT2D eigenvalue weighted by molar-refractivity contribution is -0.136. The Kier molecular flexibility index (Phi) is 11.1. The highest BCUT2D eigenvalue weighted by molar-refractivity contribution is 5.84. The summed E-state index contributed by atoms with van der Waals surface area (Å²) in [5, 5.41) is 19.0. The van der Waals surface area contributed by atoms with Gasteiger partial charge in [-0.1, -0.05) is 24.3 Å². The first-order valence-electron chi connectivity index (χ1n) is 10.3. The molecule has 0 spiro atoms. The highest BCUT2D eigenvalue weighted by Gasteiger charge is 2.16. The highest BCUT2D eigenvalue weighted by Crippen LogP contribution is 2.16. The third-order valence-electron chi connectivity index (χ3n) is 3.81. The van der Waals surface area contributed by atoms with Crippen molar-refractivity contribution in [1.29, 1.82) is 0 Å². The Labute approximate surface area is 184 Å². The molecule has 0 bridgehead atoms. The number of benzene rings is 2. The van der Waals surface area contributed by atoms with E-state index in [-0.39, 0.29) is 13.0 Å². The molecule has 0 fully saturated rings. The van der Waals surface area contributed by atoms with Gasteiger partial charge in [0.05, 0.1) is 6.61 Å². The summed E-state index contributed by atoms with van der Waals surface area (Å²) in [6, 6.07) is 15.0. The fourth-order valence-corrected chi connectivity index (χ4v) is 2.47. The van der Waals surface area contributed by atoms with Crippen molar-refractivity contribution in [1.82, 2.24) is 0 Å². The number of aliphatic hydroxyl groups is 1. The number of aryl methyl sites for hydroxylation is 1. The molecule has 31 heavy (non-hydrogen) atoms. The van der Waals surface area contributed by atoms with Crippen molar-refractivity contribution in [3.63, 3.8) is 0 Å². The standard InChI is InChI=1S/C22H27NO5.C2H6O/c1-22(2,3)28-21(26)23-18-9-4-17(5-10-18)14-15-27-19-11-6-16(7-12-19)8-13-20(24)25;1-2-3/h4-7,9-12H,8,13-15H2,1-3H3,(H,23,26)(H,24,25);3H,2H2,1H3.